The van der Waals surface area contributed by atoms with Gasteiger partial charge in [-0.1, -0.05) is 41.1 Å². The van der Waals surface area contributed by atoms with E-state index in [9.17, 15) is 4.79 Å². The van der Waals surface area contributed by atoms with Gasteiger partial charge in [0.1, 0.15) is 6.61 Å². The molecule has 0 saturated carbocycles. The maximum Gasteiger partial charge on any atom is 0.316 e. The molecule has 9 heteroatoms. The lowest BCUT2D eigenvalue weighted by Crippen LogP contribution is -2.31. The molecule has 0 atom stereocenters. The van der Waals surface area contributed by atoms with Gasteiger partial charge in [0.25, 0.3) is 0 Å². The first-order valence-electron chi connectivity index (χ1n) is 9.42. The summed E-state index contributed by atoms with van der Waals surface area (Å²) in [6.45, 7) is 3.12. The number of ether oxygens (including phenoxy) is 1. The Balaban J connectivity index is 1.47. The molecular formula is C22H19ClN4O3S. The first kappa shape index (κ1) is 21.0. The first-order chi connectivity index (χ1) is 14.8. The molecule has 7 nitrogen and oxygen atoms in total. The summed E-state index contributed by atoms with van der Waals surface area (Å²) in [5, 5.41) is 13.8. The zero-order valence-electron chi connectivity index (χ0n) is 16.8. The molecule has 4 rings (SSSR count). The minimum Gasteiger partial charge on any atom is -0.481 e. The van der Waals surface area contributed by atoms with Crippen molar-refractivity contribution in [2.75, 3.05) is 11.9 Å². The number of anilines is 2. The van der Waals surface area contributed by atoms with E-state index in [1.807, 2.05) is 42.5 Å². The zero-order valence-corrected chi connectivity index (χ0v) is 18.4. The lowest BCUT2D eigenvalue weighted by Gasteiger charge is -2.18. The van der Waals surface area contributed by atoms with Gasteiger partial charge in [0.15, 0.2) is 5.13 Å². The molecule has 0 saturated heterocycles. The van der Waals surface area contributed by atoms with Gasteiger partial charge >= 0.3 is 12.0 Å². The third kappa shape index (κ3) is 4.76. The number of thiazole rings is 1. The van der Waals surface area contributed by atoms with E-state index in [1.54, 1.807) is 37.6 Å². The number of rotatable bonds is 7. The van der Waals surface area contributed by atoms with E-state index in [0.717, 1.165) is 32.2 Å². The van der Waals surface area contributed by atoms with Crippen LogP contribution in [0.5, 0.6) is 6.01 Å². The van der Waals surface area contributed by atoms with E-state index in [1.165, 1.54) is 0 Å². The van der Waals surface area contributed by atoms with Crippen molar-refractivity contribution in [3.8, 4) is 17.1 Å². The molecular weight excluding hydrogens is 436 g/mol. The van der Waals surface area contributed by atoms with Crippen LogP contribution in [0.4, 0.5) is 10.8 Å². The monoisotopic (exact) mass is 454 g/mol. The molecule has 31 heavy (non-hydrogen) atoms. The quantitative estimate of drug-likeness (QED) is 0.373. The Morgan fingerprint density at radius 1 is 1.19 bits per heavy atom. The molecule has 2 heterocycles. The molecule has 2 aromatic carbocycles. The molecule has 0 bridgehead atoms. The van der Waals surface area contributed by atoms with Crippen LogP contribution in [0.3, 0.4) is 0 Å². The van der Waals surface area contributed by atoms with Crippen LogP contribution in [-0.4, -0.2) is 32.6 Å². The van der Waals surface area contributed by atoms with Crippen molar-refractivity contribution < 1.29 is 14.6 Å². The number of carboxylic acid groups (broad SMARTS) is 1. The number of nitrogens with zero attached hydrogens (tertiary/aromatic N) is 3. The fraction of sp³-hybridized carbons (Fsp3) is 0.182. The number of hydrogen-bond acceptors (Lipinski definition) is 7. The van der Waals surface area contributed by atoms with E-state index < -0.39 is 11.4 Å². The highest BCUT2D eigenvalue weighted by Crippen LogP contribution is 2.33. The number of halogens is 1. The zero-order chi connectivity index (χ0) is 22.0. The Kier molecular flexibility index (Phi) is 5.75. The standard InChI is InChI=1S/C22H19ClN4O3S/c1-22(2,19(28)29)12-30-20-24-10-13(11-25-20)15-8-7-14(9-16(15)23)26-21-27-17-5-3-4-6-18(17)31-21/h3-11H,12H2,1-2H3,(H,26,27)(H,28,29). The van der Waals surface area contributed by atoms with Gasteiger partial charge in [0.05, 0.1) is 20.7 Å². The number of carboxylic acids is 1. The number of fused-ring (bicyclic) bond motifs is 1. The van der Waals surface area contributed by atoms with Crippen molar-refractivity contribution >= 4 is 49.9 Å². The minimum absolute atomic E-state index is 0.0332. The summed E-state index contributed by atoms with van der Waals surface area (Å²) in [5.74, 6) is -0.949. The molecule has 0 fully saturated rings. The van der Waals surface area contributed by atoms with Crippen molar-refractivity contribution in [1.82, 2.24) is 15.0 Å². The topological polar surface area (TPSA) is 97.2 Å². The van der Waals surface area contributed by atoms with Crippen LogP contribution < -0.4 is 10.1 Å². The SMILES string of the molecule is CC(C)(COc1ncc(-c2ccc(Nc3nc4ccccc4s3)cc2Cl)cn1)C(=O)O. The molecule has 0 aliphatic carbocycles. The minimum atomic E-state index is -1.03. The number of aliphatic carboxylic acids is 1. The highest BCUT2D eigenvalue weighted by molar-refractivity contribution is 7.22. The second-order valence-corrected chi connectivity index (χ2v) is 8.98. The molecule has 0 amide bonds. The Hall–Kier alpha value is -3.23. The molecule has 2 aromatic heterocycles. The summed E-state index contributed by atoms with van der Waals surface area (Å²) >= 11 is 8.07. The van der Waals surface area contributed by atoms with Gasteiger partial charge in [0, 0.05) is 29.2 Å². The molecule has 0 spiro atoms. The van der Waals surface area contributed by atoms with Gasteiger partial charge in [-0.15, -0.1) is 0 Å². The maximum atomic E-state index is 11.2. The molecule has 0 aliphatic rings. The second-order valence-electron chi connectivity index (χ2n) is 7.54. The van der Waals surface area contributed by atoms with E-state index in [0.29, 0.717) is 5.02 Å². The van der Waals surface area contributed by atoms with Gasteiger partial charge in [-0.05, 0) is 38.1 Å². The summed E-state index contributed by atoms with van der Waals surface area (Å²) in [6, 6.07) is 13.7. The summed E-state index contributed by atoms with van der Waals surface area (Å²) in [5.41, 5.74) is 2.24. The smallest absolute Gasteiger partial charge is 0.316 e. The number of benzene rings is 2. The summed E-state index contributed by atoms with van der Waals surface area (Å²) in [4.78, 5) is 24.1. The Morgan fingerprint density at radius 3 is 2.61 bits per heavy atom. The highest BCUT2D eigenvalue weighted by Gasteiger charge is 2.28. The molecule has 158 valence electrons. The highest BCUT2D eigenvalue weighted by atomic mass is 35.5. The first-order valence-corrected chi connectivity index (χ1v) is 10.6. The van der Waals surface area contributed by atoms with Gasteiger partial charge < -0.3 is 15.2 Å². The van der Waals surface area contributed by atoms with Gasteiger partial charge in [-0.25, -0.2) is 15.0 Å². The Labute approximate surface area is 187 Å². The predicted octanol–water partition coefficient (Wildman–Crippen LogP) is 5.64. The fourth-order valence-electron chi connectivity index (χ4n) is 2.71. The lowest BCUT2D eigenvalue weighted by atomic mass is 9.95. The molecule has 2 N–H and O–H groups in total. The summed E-state index contributed by atoms with van der Waals surface area (Å²) < 4.78 is 6.52. The Morgan fingerprint density at radius 2 is 1.94 bits per heavy atom. The van der Waals surface area contributed by atoms with Gasteiger partial charge in [-0.2, -0.15) is 0 Å². The summed E-state index contributed by atoms with van der Waals surface area (Å²) in [6.07, 6.45) is 3.19. The van der Waals surface area contributed by atoms with Crippen LogP contribution >= 0.6 is 22.9 Å². The number of hydrogen-bond donors (Lipinski definition) is 2. The third-order valence-corrected chi connectivity index (χ3v) is 5.86. The van der Waals surface area contributed by atoms with E-state index in [4.69, 9.17) is 21.4 Å². The fourth-order valence-corrected chi connectivity index (χ4v) is 3.89. The van der Waals surface area contributed by atoms with Crippen molar-refractivity contribution in [3.05, 3.63) is 59.9 Å². The number of aromatic nitrogens is 3. The van der Waals surface area contributed by atoms with Crippen LogP contribution in [0.1, 0.15) is 13.8 Å². The molecule has 0 radical (unpaired) electrons. The summed E-state index contributed by atoms with van der Waals surface area (Å²) in [7, 11) is 0. The molecule has 4 aromatic rings. The van der Waals surface area contributed by atoms with E-state index in [2.05, 4.69) is 20.3 Å². The van der Waals surface area contributed by atoms with Crippen LogP contribution in [-0.2, 0) is 4.79 Å². The number of carbonyl (C=O) groups is 1. The number of nitrogens with one attached hydrogen (secondary N) is 1. The average Bonchev–Trinajstić information content (AvgIpc) is 3.15. The maximum absolute atomic E-state index is 11.2. The van der Waals surface area contributed by atoms with Crippen molar-refractivity contribution in [2.24, 2.45) is 5.41 Å². The van der Waals surface area contributed by atoms with Gasteiger partial charge in [-0.3, -0.25) is 4.79 Å². The molecule has 0 unspecified atom stereocenters. The van der Waals surface area contributed by atoms with E-state index in [-0.39, 0.29) is 12.6 Å². The van der Waals surface area contributed by atoms with Gasteiger partial charge in [0.2, 0.25) is 0 Å². The Bertz CT molecular complexity index is 1210. The van der Waals surface area contributed by atoms with Crippen molar-refractivity contribution in [3.63, 3.8) is 0 Å². The van der Waals surface area contributed by atoms with Crippen molar-refractivity contribution in [1.29, 1.82) is 0 Å². The predicted molar refractivity (Wildman–Crippen MR) is 122 cm³/mol. The van der Waals surface area contributed by atoms with Crippen LogP contribution in [0, 0.1) is 5.41 Å². The van der Waals surface area contributed by atoms with Crippen molar-refractivity contribution in [2.45, 2.75) is 13.8 Å². The third-order valence-electron chi connectivity index (χ3n) is 4.59. The molecule has 0 aliphatic heterocycles. The second kappa shape index (κ2) is 8.49. The number of para-hydroxylation sites is 1. The normalized spacial score (nSPS) is 11.5. The lowest BCUT2D eigenvalue weighted by molar-refractivity contribution is -0.148. The van der Waals surface area contributed by atoms with E-state index >= 15 is 0 Å². The van der Waals surface area contributed by atoms with Crippen LogP contribution in [0.2, 0.25) is 5.02 Å². The average molecular weight is 455 g/mol. The van der Waals surface area contributed by atoms with Crippen LogP contribution in [0.15, 0.2) is 54.9 Å². The largest absolute Gasteiger partial charge is 0.481 e. The van der Waals surface area contributed by atoms with Crippen LogP contribution in [0.25, 0.3) is 21.3 Å².